The first-order valence-electron chi connectivity index (χ1n) is 9.89. The fourth-order valence-corrected chi connectivity index (χ4v) is 2.92. The lowest BCUT2D eigenvalue weighted by atomic mass is 9.93. The van der Waals surface area contributed by atoms with E-state index in [-0.39, 0.29) is 0 Å². The van der Waals surface area contributed by atoms with Gasteiger partial charge in [-0.15, -0.1) is 11.8 Å². The van der Waals surface area contributed by atoms with Crippen molar-refractivity contribution < 1.29 is 0 Å². The van der Waals surface area contributed by atoms with Crippen LogP contribution in [-0.4, -0.2) is 0 Å². The highest BCUT2D eigenvalue weighted by Crippen LogP contribution is 2.20. The van der Waals surface area contributed by atoms with Gasteiger partial charge in [0.1, 0.15) is 0 Å². The fraction of sp³-hybridized carbons (Fsp3) is 0.818. The number of hydrogen-bond donors (Lipinski definition) is 0. The minimum absolute atomic E-state index is 0.934. The van der Waals surface area contributed by atoms with Crippen molar-refractivity contribution >= 4 is 0 Å². The third kappa shape index (κ3) is 15.9. The molecule has 0 aromatic rings. The van der Waals surface area contributed by atoms with Crippen molar-refractivity contribution in [2.45, 2.75) is 110 Å². The van der Waals surface area contributed by atoms with Crippen molar-refractivity contribution in [1.29, 1.82) is 0 Å². The lowest BCUT2D eigenvalue weighted by Crippen LogP contribution is -1.98. The van der Waals surface area contributed by atoms with E-state index in [9.17, 15) is 0 Å². The molecule has 0 nitrogen and oxygen atoms in total. The van der Waals surface area contributed by atoms with Crippen LogP contribution >= 0.6 is 0 Å². The van der Waals surface area contributed by atoms with Gasteiger partial charge >= 0.3 is 0 Å². The van der Waals surface area contributed by atoms with Crippen LogP contribution in [0.2, 0.25) is 0 Å². The van der Waals surface area contributed by atoms with E-state index in [1.807, 2.05) is 0 Å². The van der Waals surface area contributed by atoms with Crippen LogP contribution in [0.25, 0.3) is 0 Å². The molecule has 0 heteroatoms. The lowest BCUT2D eigenvalue weighted by Gasteiger charge is -2.13. The maximum absolute atomic E-state index is 3.91. The minimum atomic E-state index is 0.934. The molecule has 0 saturated heterocycles. The molecule has 0 aliphatic heterocycles. The third-order valence-corrected chi connectivity index (χ3v) is 4.53. The molecule has 1 unspecified atom stereocenters. The molecule has 0 aliphatic rings. The van der Waals surface area contributed by atoms with Gasteiger partial charge in [0.15, 0.2) is 0 Å². The van der Waals surface area contributed by atoms with Gasteiger partial charge in [-0.3, -0.25) is 0 Å². The summed E-state index contributed by atoms with van der Waals surface area (Å²) in [4.78, 5) is 0. The van der Waals surface area contributed by atoms with Crippen molar-refractivity contribution in [2.75, 3.05) is 0 Å². The van der Waals surface area contributed by atoms with Crippen LogP contribution in [0.3, 0.4) is 0 Å². The Kier molecular flexibility index (Phi) is 18.2. The Balaban J connectivity index is 3.42. The SMILES string of the molecule is [CH2]CCCCCCC#CCCCC(CC)CCCCCC[CH2]. The Morgan fingerprint density at radius 2 is 1.14 bits per heavy atom. The van der Waals surface area contributed by atoms with E-state index < -0.39 is 0 Å². The third-order valence-electron chi connectivity index (χ3n) is 4.53. The average molecular weight is 305 g/mol. The van der Waals surface area contributed by atoms with E-state index in [4.69, 9.17) is 0 Å². The molecule has 2 radical (unpaired) electrons. The molecule has 128 valence electrons. The molecule has 0 fully saturated rings. The van der Waals surface area contributed by atoms with Gasteiger partial charge in [-0.25, -0.2) is 0 Å². The molecule has 0 bridgehead atoms. The molecule has 0 aromatic heterocycles. The molecule has 0 heterocycles. The molecule has 0 amide bonds. The summed E-state index contributed by atoms with van der Waals surface area (Å²) in [7, 11) is 0. The van der Waals surface area contributed by atoms with E-state index in [0.717, 1.165) is 31.6 Å². The molecular weight excluding hydrogens is 264 g/mol. The van der Waals surface area contributed by atoms with Gasteiger partial charge in [-0.05, 0) is 25.2 Å². The predicted molar refractivity (Wildman–Crippen MR) is 102 cm³/mol. The van der Waals surface area contributed by atoms with Gasteiger partial charge in [0, 0.05) is 12.8 Å². The minimum Gasteiger partial charge on any atom is -0.103 e. The van der Waals surface area contributed by atoms with Crippen LogP contribution in [0.5, 0.6) is 0 Å². The Labute approximate surface area is 141 Å². The number of rotatable bonds is 15. The Morgan fingerprint density at radius 1 is 0.636 bits per heavy atom. The monoisotopic (exact) mass is 304 g/mol. The molecule has 0 N–H and O–H groups in total. The first-order valence-corrected chi connectivity index (χ1v) is 9.89. The van der Waals surface area contributed by atoms with Gasteiger partial charge in [0.2, 0.25) is 0 Å². The van der Waals surface area contributed by atoms with E-state index in [1.54, 1.807) is 0 Å². The topological polar surface area (TPSA) is 0 Å². The zero-order chi connectivity index (χ0) is 16.3. The Bertz CT molecular complexity index is 255. The number of hydrogen-bond acceptors (Lipinski definition) is 0. The van der Waals surface area contributed by atoms with Crippen molar-refractivity contribution in [3.8, 4) is 11.8 Å². The zero-order valence-electron chi connectivity index (χ0n) is 15.3. The van der Waals surface area contributed by atoms with Crippen molar-refractivity contribution in [3.05, 3.63) is 13.8 Å². The Morgan fingerprint density at radius 3 is 1.73 bits per heavy atom. The highest BCUT2D eigenvalue weighted by Gasteiger charge is 2.05. The summed E-state index contributed by atoms with van der Waals surface area (Å²) in [5, 5.41) is 0. The van der Waals surface area contributed by atoms with Gasteiger partial charge in [0.05, 0.1) is 0 Å². The van der Waals surface area contributed by atoms with Crippen molar-refractivity contribution in [2.24, 2.45) is 5.92 Å². The summed E-state index contributed by atoms with van der Waals surface area (Å²) in [5.41, 5.74) is 0. The molecule has 0 saturated carbocycles. The molecular formula is C22H40. The van der Waals surface area contributed by atoms with Crippen LogP contribution in [0, 0.1) is 31.6 Å². The quantitative estimate of drug-likeness (QED) is 0.216. The highest BCUT2D eigenvalue weighted by molar-refractivity contribution is 4.98. The second kappa shape index (κ2) is 18.6. The second-order valence-electron chi connectivity index (χ2n) is 6.59. The smallest absolute Gasteiger partial charge is 0.00887 e. The zero-order valence-corrected chi connectivity index (χ0v) is 15.3. The van der Waals surface area contributed by atoms with Crippen LogP contribution < -0.4 is 0 Å². The molecule has 22 heavy (non-hydrogen) atoms. The summed E-state index contributed by atoms with van der Waals surface area (Å²) in [6.45, 7) is 10.1. The fourth-order valence-electron chi connectivity index (χ4n) is 2.92. The summed E-state index contributed by atoms with van der Waals surface area (Å²) < 4.78 is 0. The summed E-state index contributed by atoms with van der Waals surface area (Å²) in [6, 6.07) is 0. The maximum Gasteiger partial charge on any atom is 0.00887 e. The van der Waals surface area contributed by atoms with Crippen LogP contribution in [0.4, 0.5) is 0 Å². The first-order chi connectivity index (χ1) is 10.8. The van der Waals surface area contributed by atoms with Crippen LogP contribution in [-0.2, 0) is 0 Å². The Hall–Kier alpha value is -0.440. The standard InChI is InChI=1S/C22H40/c1-4-7-9-11-12-13-14-15-17-19-21-22(6-3)20-18-16-10-8-5-2/h22H,1-2,4-13,16-21H2,3H3. The van der Waals surface area contributed by atoms with Gasteiger partial charge in [0.25, 0.3) is 0 Å². The second-order valence-corrected chi connectivity index (χ2v) is 6.59. The largest absolute Gasteiger partial charge is 0.103 e. The van der Waals surface area contributed by atoms with Gasteiger partial charge < -0.3 is 0 Å². The van der Waals surface area contributed by atoms with E-state index in [0.29, 0.717) is 0 Å². The van der Waals surface area contributed by atoms with Crippen molar-refractivity contribution in [3.63, 3.8) is 0 Å². The summed E-state index contributed by atoms with van der Waals surface area (Å²) in [6.07, 6.45) is 20.5. The molecule has 0 aromatic carbocycles. The van der Waals surface area contributed by atoms with E-state index >= 15 is 0 Å². The van der Waals surface area contributed by atoms with Crippen molar-refractivity contribution in [1.82, 2.24) is 0 Å². The lowest BCUT2D eigenvalue weighted by molar-refractivity contribution is 0.405. The summed E-state index contributed by atoms with van der Waals surface area (Å²) in [5.74, 6) is 7.65. The van der Waals surface area contributed by atoms with Crippen LogP contribution in [0.1, 0.15) is 110 Å². The van der Waals surface area contributed by atoms with E-state index in [1.165, 1.54) is 77.0 Å². The number of unbranched alkanes of at least 4 members (excludes halogenated alkanes) is 10. The van der Waals surface area contributed by atoms with Crippen LogP contribution in [0.15, 0.2) is 0 Å². The molecule has 1 atom stereocenters. The van der Waals surface area contributed by atoms with Gasteiger partial charge in [-0.1, -0.05) is 91.4 Å². The van der Waals surface area contributed by atoms with Gasteiger partial charge in [-0.2, -0.15) is 0 Å². The predicted octanol–water partition coefficient (Wildman–Crippen LogP) is 7.54. The maximum atomic E-state index is 3.91. The first kappa shape index (κ1) is 21.6. The highest BCUT2D eigenvalue weighted by atomic mass is 14.1. The average Bonchev–Trinajstić information content (AvgIpc) is 2.54. The van der Waals surface area contributed by atoms with E-state index in [2.05, 4.69) is 32.6 Å². The molecule has 0 rings (SSSR count). The summed E-state index contributed by atoms with van der Waals surface area (Å²) >= 11 is 0. The molecule has 0 spiro atoms. The molecule has 0 aliphatic carbocycles. The normalized spacial score (nSPS) is 12.0.